The Kier molecular flexibility index (Phi) is 3.13. The van der Waals surface area contributed by atoms with Gasteiger partial charge in [-0.05, 0) is 30.3 Å². The molecular weight excluding hydrogens is 309 g/mol. The molecule has 3 aromatic rings. The van der Waals surface area contributed by atoms with Gasteiger partial charge >= 0.3 is 0 Å². The van der Waals surface area contributed by atoms with E-state index in [1.807, 2.05) is 30.3 Å². The molecule has 0 saturated carbocycles. The van der Waals surface area contributed by atoms with Crippen LogP contribution in [0.4, 0.5) is 4.39 Å². The fourth-order valence-corrected chi connectivity index (χ4v) is 2.23. The van der Waals surface area contributed by atoms with Crippen LogP contribution < -0.4 is 0 Å². The van der Waals surface area contributed by atoms with Crippen LogP contribution in [0.15, 0.2) is 59.3 Å². The van der Waals surface area contributed by atoms with Crippen LogP contribution in [-0.2, 0) is 0 Å². The van der Waals surface area contributed by atoms with E-state index in [1.165, 1.54) is 6.07 Å². The summed E-state index contributed by atoms with van der Waals surface area (Å²) in [5.74, 6) is 0.151. The zero-order valence-electron chi connectivity index (χ0n) is 9.79. The average molecular weight is 318 g/mol. The number of para-hydroxylation sites is 1. The van der Waals surface area contributed by atoms with Crippen LogP contribution in [0.3, 0.4) is 0 Å². The Morgan fingerprint density at radius 2 is 1.84 bits per heavy atom. The second-order valence-electron chi connectivity index (χ2n) is 3.98. The predicted octanol–water partition coefficient (Wildman–Crippen LogP) is 3.84. The minimum absolute atomic E-state index is 0.326. The summed E-state index contributed by atoms with van der Waals surface area (Å²) in [6, 6.07) is 14.3. The van der Waals surface area contributed by atoms with Crippen LogP contribution in [0.2, 0.25) is 0 Å². The van der Waals surface area contributed by atoms with Crippen molar-refractivity contribution in [2.45, 2.75) is 0 Å². The van der Waals surface area contributed by atoms with E-state index in [-0.39, 0.29) is 5.82 Å². The summed E-state index contributed by atoms with van der Waals surface area (Å²) in [6.07, 6.45) is 1.57. The highest BCUT2D eigenvalue weighted by Crippen LogP contribution is 2.26. The molecule has 0 atom stereocenters. The highest BCUT2D eigenvalue weighted by Gasteiger charge is 2.13. The van der Waals surface area contributed by atoms with Crippen molar-refractivity contribution < 1.29 is 4.39 Å². The summed E-state index contributed by atoms with van der Waals surface area (Å²) in [5.41, 5.74) is 1.30. The van der Waals surface area contributed by atoms with Crippen molar-refractivity contribution in [2.24, 2.45) is 0 Å². The Morgan fingerprint density at radius 3 is 2.63 bits per heavy atom. The normalized spacial score (nSPS) is 10.6. The predicted molar refractivity (Wildman–Crippen MR) is 74.5 cm³/mol. The van der Waals surface area contributed by atoms with Crippen LogP contribution in [-0.4, -0.2) is 14.8 Å². The molecule has 3 nitrogen and oxygen atoms in total. The standard InChI is InChI=1S/C14H9BrFN3/c15-10-6-7-13(16)12(8-10)14-18-17-9-19(14)11-4-2-1-3-5-11/h1-9H. The molecule has 1 heterocycles. The van der Waals surface area contributed by atoms with E-state index < -0.39 is 0 Å². The quantitative estimate of drug-likeness (QED) is 0.719. The summed E-state index contributed by atoms with van der Waals surface area (Å²) < 4.78 is 16.5. The maximum atomic E-state index is 13.9. The van der Waals surface area contributed by atoms with Crippen molar-refractivity contribution in [2.75, 3.05) is 0 Å². The molecule has 0 aliphatic heterocycles. The lowest BCUT2D eigenvalue weighted by Gasteiger charge is -2.07. The summed E-state index contributed by atoms with van der Waals surface area (Å²) in [5, 5.41) is 7.89. The Hall–Kier alpha value is -2.01. The lowest BCUT2D eigenvalue weighted by atomic mass is 10.2. The van der Waals surface area contributed by atoms with E-state index in [9.17, 15) is 4.39 Å². The van der Waals surface area contributed by atoms with Crippen molar-refractivity contribution in [1.82, 2.24) is 14.8 Å². The van der Waals surface area contributed by atoms with E-state index in [1.54, 1.807) is 23.0 Å². The maximum Gasteiger partial charge on any atom is 0.171 e. The zero-order chi connectivity index (χ0) is 13.2. The van der Waals surface area contributed by atoms with E-state index in [4.69, 9.17) is 0 Å². The first-order valence-corrected chi connectivity index (χ1v) is 6.46. The number of hydrogen-bond donors (Lipinski definition) is 0. The SMILES string of the molecule is Fc1ccc(Br)cc1-c1nncn1-c1ccccc1. The molecule has 0 amide bonds. The van der Waals surface area contributed by atoms with E-state index in [0.29, 0.717) is 11.4 Å². The third-order valence-corrected chi connectivity index (χ3v) is 3.24. The molecule has 1 aromatic heterocycles. The molecule has 3 rings (SSSR count). The molecule has 0 bridgehead atoms. The van der Waals surface area contributed by atoms with E-state index >= 15 is 0 Å². The first-order valence-electron chi connectivity index (χ1n) is 5.66. The highest BCUT2D eigenvalue weighted by molar-refractivity contribution is 9.10. The highest BCUT2D eigenvalue weighted by atomic mass is 79.9. The lowest BCUT2D eigenvalue weighted by molar-refractivity contribution is 0.629. The Bertz CT molecular complexity index is 710. The number of rotatable bonds is 2. The van der Waals surface area contributed by atoms with Crippen molar-refractivity contribution in [3.8, 4) is 17.1 Å². The molecule has 0 aliphatic rings. The molecule has 0 saturated heterocycles. The molecule has 0 unspecified atom stereocenters. The number of aromatic nitrogens is 3. The van der Waals surface area contributed by atoms with Gasteiger partial charge in [-0.15, -0.1) is 10.2 Å². The molecule has 0 radical (unpaired) electrons. The number of hydrogen-bond acceptors (Lipinski definition) is 2. The monoisotopic (exact) mass is 317 g/mol. The largest absolute Gasteiger partial charge is 0.282 e. The summed E-state index contributed by atoms with van der Waals surface area (Å²) >= 11 is 3.34. The third kappa shape index (κ3) is 2.29. The summed E-state index contributed by atoms with van der Waals surface area (Å²) in [7, 11) is 0. The van der Waals surface area contributed by atoms with Gasteiger partial charge in [0.2, 0.25) is 0 Å². The second kappa shape index (κ2) is 4.93. The molecular formula is C14H9BrFN3. The molecule has 5 heteroatoms. The molecule has 2 aromatic carbocycles. The molecule has 19 heavy (non-hydrogen) atoms. The maximum absolute atomic E-state index is 13.9. The fraction of sp³-hybridized carbons (Fsp3) is 0. The smallest absolute Gasteiger partial charge is 0.171 e. The number of halogens is 2. The minimum atomic E-state index is -0.326. The van der Waals surface area contributed by atoms with Crippen LogP contribution in [0.25, 0.3) is 17.1 Å². The topological polar surface area (TPSA) is 30.7 Å². The van der Waals surface area contributed by atoms with Gasteiger partial charge in [0, 0.05) is 10.2 Å². The Morgan fingerprint density at radius 1 is 1.05 bits per heavy atom. The fourth-order valence-electron chi connectivity index (χ4n) is 1.87. The van der Waals surface area contributed by atoms with Gasteiger partial charge < -0.3 is 0 Å². The van der Waals surface area contributed by atoms with Gasteiger partial charge in [0.25, 0.3) is 0 Å². The van der Waals surface area contributed by atoms with Crippen molar-refractivity contribution in [3.05, 3.63) is 65.1 Å². The van der Waals surface area contributed by atoms with Gasteiger partial charge in [-0.3, -0.25) is 4.57 Å². The molecule has 0 spiro atoms. The Balaban J connectivity index is 2.18. The third-order valence-electron chi connectivity index (χ3n) is 2.75. The van der Waals surface area contributed by atoms with Crippen molar-refractivity contribution in [1.29, 1.82) is 0 Å². The summed E-state index contributed by atoms with van der Waals surface area (Å²) in [6.45, 7) is 0. The van der Waals surface area contributed by atoms with Gasteiger partial charge in [0.1, 0.15) is 12.1 Å². The van der Waals surface area contributed by atoms with Gasteiger partial charge in [-0.25, -0.2) is 4.39 Å². The van der Waals surface area contributed by atoms with Crippen LogP contribution in [0, 0.1) is 5.82 Å². The van der Waals surface area contributed by atoms with Crippen molar-refractivity contribution in [3.63, 3.8) is 0 Å². The Labute approximate surface area is 117 Å². The number of nitrogens with zero attached hydrogens (tertiary/aromatic N) is 3. The summed E-state index contributed by atoms with van der Waals surface area (Å²) in [4.78, 5) is 0. The van der Waals surface area contributed by atoms with Gasteiger partial charge in [0.15, 0.2) is 5.82 Å². The van der Waals surface area contributed by atoms with E-state index in [0.717, 1.165) is 10.2 Å². The second-order valence-corrected chi connectivity index (χ2v) is 4.90. The molecule has 94 valence electrons. The average Bonchev–Trinajstić information content (AvgIpc) is 2.91. The lowest BCUT2D eigenvalue weighted by Crippen LogP contribution is -1.97. The van der Waals surface area contributed by atoms with Crippen LogP contribution >= 0.6 is 15.9 Å². The molecule has 0 N–H and O–H groups in total. The first kappa shape index (κ1) is 12.0. The first-order chi connectivity index (χ1) is 9.25. The molecule has 0 fully saturated rings. The van der Waals surface area contributed by atoms with Gasteiger partial charge in [-0.1, -0.05) is 34.1 Å². The van der Waals surface area contributed by atoms with Gasteiger partial charge in [-0.2, -0.15) is 0 Å². The number of benzene rings is 2. The van der Waals surface area contributed by atoms with E-state index in [2.05, 4.69) is 26.1 Å². The zero-order valence-corrected chi connectivity index (χ0v) is 11.4. The van der Waals surface area contributed by atoms with Crippen molar-refractivity contribution >= 4 is 15.9 Å². The van der Waals surface area contributed by atoms with Gasteiger partial charge in [0.05, 0.1) is 5.56 Å². The molecule has 0 aliphatic carbocycles. The minimum Gasteiger partial charge on any atom is -0.282 e. The van der Waals surface area contributed by atoms with Crippen LogP contribution in [0.1, 0.15) is 0 Å². The van der Waals surface area contributed by atoms with Crippen LogP contribution in [0.5, 0.6) is 0 Å².